The lowest BCUT2D eigenvalue weighted by molar-refractivity contribution is -0.137. The number of ether oxygens (including phenoxy) is 2. The third-order valence-electron chi connectivity index (χ3n) is 6.84. The van der Waals surface area contributed by atoms with E-state index in [1.54, 1.807) is 29.3 Å². The zero-order valence-electron chi connectivity index (χ0n) is 18.9. The number of carbonyl (C=O) groups excluding carboxylic acids is 2. The first kappa shape index (κ1) is 22.4. The predicted molar refractivity (Wildman–Crippen MR) is 123 cm³/mol. The van der Waals surface area contributed by atoms with Gasteiger partial charge in [0.2, 0.25) is 5.88 Å². The number of benzene rings is 1. The Balaban J connectivity index is 1.20. The second-order valence-electron chi connectivity index (χ2n) is 9.33. The van der Waals surface area contributed by atoms with Crippen molar-refractivity contribution in [1.29, 1.82) is 0 Å². The zero-order chi connectivity index (χ0) is 23.7. The molecule has 1 unspecified atom stereocenters. The molecular weight excluding hydrogens is 436 g/mol. The SMILES string of the molecule is O=C(O)CCC1CC(=O)c2cc(N3CC[C@@H](Oc4ccc(OCCC5CC5)nc4)C3=O)ccc21. The Bertz CT molecular complexity index is 1090. The molecule has 5 rings (SSSR count). The number of carbonyl (C=O) groups is 3. The number of aromatic nitrogens is 1. The maximum Gasteiger partial charge on any atom is 0.303 e. The Morgan fingerprint density at radius 1 is 1.12 bits per heavy atom. The summed E-state index contributed by atoms with van der Waals surface area (Å²) >= 11 is 0. The molecule has 1 saturated carbocycles. The third kappa shape index (κ3) is 4.90. The Kier molecular flexibility index (Phi) is 6.22. The van der Waals surface area contributed by atoms with Crippen molar-refractivity contribution >= 4 is 23.3 Å². The number of hydrogen-bond acceptors (Lipinski definition) is 6. The topological polar surface area (TPSA) is 106 Å². The number of ketones is 1. The van der Waals surface area contributed by atoms with E-state index in [4.69, 9.17) is 14.6 Å². The highest BCUT2D eigenvalue weighted by atomic mass is 16.5. The molecule has 0 radical (unpaired) electrons. The van der Waals surface area contributed by atoms with Crippen molar-refractivity contribution < 1.29 is 29.0 Å². The van der Waals surface area contributed by atoms with E-state index in [9.17, 15) is 14.4 Å². The predicted octanol–water partition coefficient (Wildman–Crippen LogP) is 3.98. The molecule has 1 amide bonds. The average Bonchev–Trinajstić information content (AvgIpc) is 3.51. The van der Waals surface area contributed by atoms with Crippen LogP contribution in [-0.4, -0.2) is 47.0 Å². The van der Waals surface area contributed by atoms with Gasteiger partial charge in [0, 0.05) is 43.1 Å². The summed E-state index contributed by atoms with van der Waals surface area (Å²) in [4.78, 5) is 42.4. The number of aliphatic carboxylic acids is 1. The van der Waals surface area contributed by atoms with Gasteiger partial charge < -0.3 is 19.5 Å². The van der Waals surface area contributed by atoms with Crippen LogP contribution < -0.4 is 14.4 Å². The van der Waals surface area contributed by atoms with E-state index in [-0.39, 0.29) is 24.0 Å². The van der Waals surface area contributed by atoms with Crippen LogP contribution in [0.25, 0.3) is 0 Å². The number of anilines is 1. The molecule has 1 saturated heterocycles. The number of nitrogens with zero attached hydrogens (tertiary/aromatic N) is 2. The second kappa shape index (κ2) is 9.44. The summed E-state index contributed by atoms with van der Waals surface area (Å²) in [6.07, 6.45) is 5.93. The number of carboxylic acid groups (broad SMARTS) is 1. The summed E-state index contributed by atoms with van der Waals surface area (Å²) in [5, 5.41) is 8.95. The third-order valence-corrected chi connectivity index (χ3v) is 6.84. The van der Waals surface area contributed by atoms with Gasteiger partial charge in [-0.25, -0.2) is 4.98 Å². The summed E-state index contributed by atoms with van der Waals surface area (Å²) in [5.74, 6) is 0.774. The van der Waals surface area contributed by atoms with E-state index in [0.29, 0.717) is 55.3 Å². The number of carboxylic acids is 1. The van der Waals surface area contributed by atoms with Crippen LogP contribution in [0.2, 0.25) is 0 Å². The van der Waals surface area contributed by atoms with Crippen LogP contribution in [0.3, 0.4) is 0 Å². The molecule has 8 heteroatoms. The minimum absolute atomic E-state index is 0.00259. The van der Waals surface area contributed by atoms with Gasteiger partial charge in [-0.15, -0.1) is 0 Å². The zero-order valence-corrected chi connectivity index (χ0v) is 18.9. The molecule has 0 bridgehead atoms. The van der Waals surface area contributed by atoms with Gasteiger partial charge in [-0.3, -0.25) is 14.4 Å². The first-order valence-electron chi connectivity index (χ1n) is 11.9. The number of amides is 1. The molecule has 34 heavy (non-hydrogen) atoms. The first-order valence-corrected chi connectivity index (χ1v) is 11.9. The molecule has 1 N–H and O–H groups in total. The largest absolute Gasteiger partial charge is 0.481 e. The number of rotatable bonds is 10. The minimum Gasteiger partial charge on any atom is -0.481 e. The highest BCUT2D eigenvalue weighted by Gasteiger charge is 2.36. The molecule has 2 aliphatic carbocycles. The smallest absolute Gasteiger partial charge is 0.303 e. The van der Waals surface area contributed by atoms with E-state index in [1.165, 1.54) is 12.8 Å². The van der Waals surface area contributed by atoms with Gasteiger partial charge in [-0.05, 0) is 48.4 Å². The lowest BCUT2D eigenvalue weighted by atomic mass is 9.96. The van der Waals surface area contributed by atoms with E-state index in [0.717, 1.165) is 17.9 Å². The summed E-state index contributed by atoms with van der Waals surface area (Å²) in [7, 11) is 0. The van der Waals surface area contributed by atoms with Crippen LogP contribution in [0.15, 0.2) is 36.5 Å². The molecule has 3 aliphatic rings. The van der Waals surface area contributed by atoms with Crippen molar-refractivity contribution in [1.82, 2.24) is 4.98 Å². The number of Topliss-reactive ketones (excluding diaryl/α,β-unsaturated/α-hetero) is 1. The fourth-order valence-electron chi connectivity index (χ4n) is 4.75. The number of hydrogen-bond donors (Lipinski definition) is 1. The average molecular weight is 465 g/mol. The molecule has 1 aromatic carbocycles. The maximum absolute atomic E-state index is 13.0. The van der Waals surface area contributed by atoms with Gasteiger partial charge in [0.1, 0.15) is 5.75 Å². The summed E-state index contributed by atoms with van der Waals surface area (Å²) in [6, 6.07) is 8.97. The van der Waals surface area contributed by atoms with Crippen molar-refractivity contribution in [2.24, 2.45) is 5.92 Å². The van der Waals surface area contributed by atoms with Gasteiger partial charge in [0.05, 0.1) is 12.8 Å². The van der Waals surface area contributed by atoms with Crippen LogP contribution in [0, 0.1) is 5.92 Å². The van der Waals surface area contributed by atoms with E-state index < -0.39 is 12.1 Å². The fraction of sp³-hybridized carbons (Fsp3) is 0.462. The maximum atomic E-state index is 13.0. The van der Waals surface area contributed by atoms with Gasteiger partial charge in [0.25, 0.3) is 5.91 Å². The summed E-state index contributed by atoms with van der Waals surface area (Å²) in [6.45, 7) is 1.16. The molecule has 2 heterocycles. The Morgan fingerprint density at radius 2 is 1.97 bits per heavy atom. The van der Waals surface area contributed by atoms with Crippen molar-refractivity contribution in [3.8, 4) is 11.6 Å². The summed E-state index contributed by atoms with van der Waals surface area (Å²) in [5.41, 5.74) is 2.13. The van der Waals surface area contributed by atoms with Crippen molar-refractivity contribution in [3.05, 3.63) is 47.7 Å². The molecule has 0 spiro atoms. The molecule has 2 fully saturated rings. The number of fused-ring (bicyclic) bond motifs is 1. The summed E-state index contributed by atoms with van der Waals surface area (Å²) < 4.78 is 11.6. The van der Waals surface area contributed by atoms with Crippen LogP contribution in [-0.2, 0) is 9.59 Å². The minimum atomic E-state index is -0.864. The molecule has 2 atom stereocenters. The van der Waals surface area contributed by atoms with Crippen molar-refractivity contribution in [2.45, 2.75) is 57.0 Å². The number of pyridine rings is 1. The van der Waals surface area contributed by atoms with Crippen LogP contribution >= 0.6 is 0 Å². The van der Waals surface area contributed by atoms with Gasteiger partial charge in [-0.1, -0.05) is 18.9 Å². The molecular formula is C26H28N2O6. The Hall–Kier alpha value is -3.42. The van der Waals surface area contributed by atoms with Gasteiger partial charge in [0.15, 0.2) is 11.9 Å². The normalized spacial score (nSPS) is 21.6. The van der Waals surface area contributed by atoms with Crippen LogP contribution in [0.5, 0.6) is 11.6 Å². The van der Waals surface area contributed by atoms with E-state index in [1.807, 2.05) is 12.1 Å². The van der Waals surface area contributed by atoms with Crippen molar-refractivity contribution in [2.75, 3.05) is 18.1 Å². The van der Waals surface area contributed by atoms with Gasteiger partial charge in [-0.2, -0.15) is 0 Å². The lowest BCUT2D eigenvalue weighted by Crippen LogP contribution is -2.32. The van der Waals surface area contributed by atoms with Gasteiger partial charge >= 0.3 is 5.97 Å². The molecule has 178 valence electrons. The van der Waals surface area contributed by atoms with Crippen LogP contribution in [0.4, 0.5) is 5.69 Å². The van der Waals surface area contributed by atoms with E-state index in [2.05, 4.69) is 4.98 Å². The molecule has 2 aromatic rings. The van der Waals surface area contributed by atoms with Crippen LogP contribution in [0.1, 0.15) is 66.8 Å². The quantitative estimate of drug-likeness (QED) is 0.567. The second-order valence-corrected chi connectivity index (χ2v) is 9.33. The molecule has 8 nitrogen and oxygen atoms in total. The highest BCUT2D eigenvalue weighted by Crippen LogP contribution is 2.39. The van der Waals surface area contributed by atoms with E-state index >= 15 is 0 Å². The monoisotopic (exact) mass is 464 g/mol. The standard InChI is InChI=1S/C26H28N2O6/c29-22-13-17(3-8-25(30)31)20-6-4-18(14-21(20)22)28-11-9-23(26(28)32)34-19-5-7-24(27-15-19)33-12-10-16-1-2-16/h4-7,14-17,23H,1-3,8-13H2,(H,30,31)/t17?,23-/m1/s1. The Morgan fingerprint density at radius 3 is 2.71 bits per heavy atom. The lowest BCUT2D eigenvalue weighted by Gasteiger charge is -2.18. The highest BCUT2D eigenvalue weighted by molar-refractivity contribution is 6.04. The molecule has 1 aromatic heterocycles. The Labute approximate surface area is 197 Å². The first-order chi connectivity index (χ1) is 16.5. The fourth-order valence-corrected chi connectivity index (χ4v) is 4.75. The van der Waals surface area contributed by atoms with Crippen molar-refractivity contribution in [3.63, 3.8) is 0 Å². The molecule has 1 aliphatic heterocycles.